The number of carbonyl (C=O) groups excluding carboxylic acids is 2. The van der Waals surface area contributed by atoms with E-state index in [0.717, 1.165) is 0 Å². The van der Waals surface area contributed by atoms with Gasteiger partial charge in [-0.05, 0) is 24.3 Å². The second-order valence-electron chi connectivity index (χ2n) is 4.19. The fourth-order valence-electron chi connectivity index (χ4n) is 1.52. The van der Waals surface area contributed by atoms with Crippen LogP contribution in [0.25, 0.3) is 0 Å². The van der Waals surface area contributed by atoms with E-state index in [1.54, 1.807) is 24.3 Å². The Kier molecular flexibility index (Phi) is 4.78. The monoisotopic (exact) mass is 308 g/mol. The van der Waals surface area contributed by atoms with Gasteiger partial charge in [-0.1, -0.05) is 11.6 Å². The lowest BCUT2D eigenvalue weighted by Gasteiger charge is -2.06. The minimum atomic E-state index is -0.579. The molecule has 0 spiro atoms. The number of ether oxygens (including phenoxy) is 1. The van der Waals surface area contributed by atoms with Crippen molar-refractivity contribution in [1.29, 1.82) is 0 Å². The van der Waals surface area contributed by atoms with E-state index in [4.69, 9.17) is 22.1 Å². The molecule has 1 heterocycles. The number of anilines is 2. The van der Waals surface area contributed by atoms with E-state index in [1.165, 1.54) is 17.1 Å². The van der Waals surface area contributed by atoms with Gasteiger partial charge in [0.25, 0.3) is 5.91 Å². The molecular formula is C13H13ClN4O3. The maximum absolute atomic E-state index is 11.6. The summed E-state index contributed by atoms with van der Waals surface area (Å²) in [6.07, 6.45) is 2.91. The Labute approximate surface area is 125 Å². The number of hydrogen-bond acceptors (Lipinski definition) is 5. The van der Waals surface area contributed by atoms with Crippen LogP contribution in [0, 0.1) is 0 Å². The second kappa shape index (κ2) is 6.76. The van der Waals surface area contributed by atoms with Crippen molar-refractivity contribution in [2.75, 3.05) is 17.7 Å². The maximum Gasteiger partial charge on any atom is 0.328 e. The van der Waals surface area contributed by atoms with Crippen molar-refractivity contribution in [3.05, 3.63) is 41.7 Å². The number of nitrogen functional groups attached to an aromatic ring is 1. The molecule has 0 aliphatic heterocycles. The van der Waals surface area contributed by atoms with E-state index in [0.29, 0.717) is 16.4 Å². The molecule has 0 unspecified atom stereocenters. The molecule has 0 bridgehead atoms. The molecule has 110 valence electrons. The Bertz CT molecular complexity index is 639. The molecule has 7 nitrogen and oxygen atoms in total. The number of halogens is 1. The summed E-state index contributed by atoms with van der Waals surface area (Å²) in [5, 5.41) is 6.98. The number of benzene rings is 1. The van der Waals surface area contributed by atoms with Crippen molar-refractivity contribution >= 4 is 34.9 Å². The summed E-state index contributed by atoms with van der Waals surface area (Å²) in [7, 11) is 0. The van der Waals surface area contributed by atoms with Gasteiger partial charge in [0.1, 0.15) is 6.54 Å². The van der Waals surface area contributed by atoms with Crippen LogP contribution in [0.4, 0.5) is 11.4 Å². The zero-order chi connectivity index (χ0) is 15.2. The van der Waals surface area contributed by atoms with Crippen LogP contribution in [-0.4, -0.2) is 28.3 Å². The third kappa shape index (κ3) is 4.81. The topological polar surface area (TPSA) is 99.2 Å². The number of amides is 1. The molecule has 3 N–H and O–H groups in total. The summed E-state index contributed by atoms with van der Waals surface area (Å²) in [5.74, 6) is -1.02. The van der Waals surface area contributed by atoms with Crippen molar-refractivity contribution in [3.63, 3.8) is 0 Å². The van der Waals surface area contributed by atoms with Crippen LogP contribution in [0.15, 0.2) is 36.7 Å². The Morgan fingerprint density at radius 3 is 2.67 bits per heavy atom. The first-order valence-electron chi connectivity index (χ1n) is 6.02. The van der Waals surface area contributed by atoms with E-state index in [9.17, 15) is 9.59 Å². The predicted octanol–water partition coefficient (Wildman–Crippen LogP) is 1.30. The normalized spacial score (nSPS) is 10.1. The standard InChI is InChI=1S/C13H13ClN4O3/c14-9-1-3-11(4-2-9)17-12(19)8-21-13(20)7-18-6-10(15)5-16-18/h1-6H,7-8,15H2,(H,17,19). The molecular weight excluding hydrogens is 296 g/mol. The lowest BCUT2D eigenvalue weighted by atomic mass is 10.3. The molecule has 1 amide bonds. The molecule has 21 heavy (non-hydrogen) atoms. The van der Waals surface area contributed by atoms with Crippen LogP contribution in [0.3, 0.4) is 0 Å². The zero-order valence-electron chi connectivity index (χ0n) is 11.0. The minimum absolute atomic E-state index is 0.106. The van der Waals surface area contributed by atoms with Crippen molar-refractivity contribution in [1.82, 2.24) is 9.78 Å². The predicted molar refractivity (Wildman–Crippen MR) is 77.7 cm³/mol. The first-order valence-corrected chi connectivity index (χ1v) is 6.40. The molecule has 2 aromatic rings. The summed E-state index contributed by atoms with van der Waals surface area (Å²) >= 11 is 5.73. The van der Waals surface area contributed by atoms with E-state index < -0.39 is 11.9 Å². The van der Waals surface area contributed by atoms with Gasteiger partial charge < -0.3 is 15.8 Å². The number of aromatic nitrogens is 2. The highest BCUT2D eigenvalue weighted by Crippen LogP contribution is 2.13. The van der Waals surface area contributed by atoms with E-state index in [2.05, 4.69) is 10.4 Å². The van der Waals surface area contributed by atoms with Crippen molar-refractivity contribution in [3.8, 4) is 0 Å². The molecule has 0 atom stereocenters. The molecule has 0 fully saturated rings. The second-order valence-corrected chi connectivity index (χ2v) is 4.62. The fraction of sp³-hybridized carbons (Fsp3) is 0.154. The van der Waals surface area contributed by atoms with Gasteiger partial charge in [-0.15, -0.1) is 0 Å². The smallest absolute Gasteiger partial charge is 0.328 e. The van der Waals surface area contributed by atoms with Crippen LogP contribution in [0.1, 0.15) is 0 Å². The molecule has 0 saturated carbocycles. The highest BCUT2D eigenvalue weighted by Gasteiger charge is 2.09. The van der Waals surface area contributed by atoms with Crippen molar-refractivity contribution in [2.45, 2.75) is 6.54 Å². The third-order valence-corrected chi connectivity index (χ3v) is 2.69. The van der Waals surface area contributed by atoms with Crippen LogP contribution >= 0.6 is 11.6 Å². The average molecular weight is 309 g/mol. The van der Waals surface area contributed by atoms with E-state index in [1.807, 2.05) is 0 Å². The summed E-state index contributed by atoms with van der Waals surface area (Å²) in [5.41, 5.74) is 6.48. The summed E-state index contributed by atoms with van der Waals surface area (Å²) in [6, 6.07) is 6.58. The van der Waals surface area contributed by atoms with Gasteiger partial charge in [-0.3, -0.25) is 14.3 Å². The van der Waals surface area contributed by atoms with Gasteiger partial charge in [0, 0.05) is 16.9 Å². The summed E-state index contributed by atoms with van der Waals surface area (Å²) in [6.45, 7) is -0.483. The Hall–Kier alpha value is -2.54. The van der Waals surface area contributed by atoms with Crippen molar-refractivity contribution in [2.24, 2.45) is 0 Å². The first kappa shape index (κ1) is 14.9. The van der Waals surface area contributed by atoms with Crippen molar-refractivity contribution < 1.29 is 14.3 Å². The van der Waals surface area contributed by atoms with E-state index in [-0.39, 0.29) is 13.2 Å². The lowest BCUT2D eigenvalue weighted by Crippen LogP contribution is -2.23. The summed E-state index contributed by atoms with van der Waals surface area (Å²) < 4.78 is 6.16. The molecule has 0 radical (unpaired) electrons. The number of nitrogens with one attached hydrogen (secondary N) is 1. The van der Waals surface area contributed by atoms with Crippen LogP contribution < -0.4 is 11.1 Å². The Balaban J connectivity index is 1.75. The van der Waals surface area contributed by atoms with Gasteiger partial charge in [0.2, 0.25) is 0 Å². The van der Waals surface area contributed by atoms with Gasteiger partial charge >= 0.3 is 5.97 Å². The molecule has 0 aliphatic carbocycles. The average Bonchev–Trinajstić information content (AvgIpc) is 2.84. The fourth-order valence-corrected chi connectivity index (χ4v) is 1.65. The quantitative estimate of drug-likeness (QED) is 0.811. The highest BCUT2D eigenvalue weighted by molar-refractivity contribution is 6.30. The van der Waals surface area contributed by atoms with Gasteiger partial charge in [-0.2, -0.15) is 5.10 Å². The number of hydrogen-bond donors (Lipinski definition) is 2. The molecule has 2 rings (SSSR count). The zero-order valence-corrected chi connectivity index (χ0v) is 11.7. The van der Waals surface area contributed by atoms with E-state index >= 15 is 0 Å². The maximum atomic E-state index is 11.6. The Morgan fingerprint density at radius 2 is 2.05 bits per heavy atom. The van der Waals surface area contributed by atoms with Crippen LogP contribution in [0.2, 0.25) is 5.02 Å². The number of esters is 1. The van der Waals surface area contributed by atoms with Gasteiger partial charge in [0.15, 0.2) is 6.61 Å². The summed E-state index contributed by atoms with van der Waals surface area (Å²) in [4.78, 5) is 23.1. The molecule has 1 aromatic heterocycles. The van der Waals surface area contributed by atoms with Gasteiger partial charge in [-0.25, -0.2) is 0 Å². The number of carbonyl (C=O) groups is 2. The molecule has 0 aliphatic rings. The molecule has 0 saturated heterocycles. The molecule has 1 aromatic carbocycles. The SMILES string of the molecule is Nc1cnn(CC(=O)OCC(=O)Nc2ccc(Cl)cc2)c1. The minimum Gasteiger partial charge on any atom is -0.454 e. The molecule has 8 heteroatoms. The lowest BCUT2D eigenvalue weighted by molar-refractivity contribution is -0.148. The third-order valence-electron chi connectivity index (χ3n) is 2.44. The Morgan fingerprint density at radius 1 is 1.33 bits per heavy atom. The highest BCUT2D eigenvalue weighted by atomic mass is 35.5. The number of rotatable bonds is 5. The first-order chi connectivity index (χ1) is 10.0. The number of nitrogens with zero attached hydrogens (tertiary/aromatic N) is 2. The van der Waals surface area contributed by atoms with Crippen LogP contribution in [0.5, 0.6) is 0 Å². The van der Waals surface area contributed by atoms with Gasteiger partial charge in [0.05, 0.1) is 11.9 Å². The number of nitrogens with two attached hydrogens (primary N) is 1. The largest absolute Gasteiger partial charge is 0.454 e. The van der Waals surface area contributed by atoms with Crippen LogP contribution in [-0.2, 0) is 20.9 Å².